The first-order valence-electron chi connectivity index (χ1n) is 11.1. The number of carbonyl (C=O) groups is 3. The van der Waals surface area contributed by atoms with Gasteiger partial charge in [0.05, 0.1) is 43.0 Å². The molecule has 182 valence electrons. The molecular weight excluding hydrogens is 454 g/mol. The van der Waals surface area contributed by atoms with E-state index in [1.165, 1.54) is 7.11 Å². The largest absolute Gasteiger partial charge is 0.465 e. The van der Waals surface area contributed by atoms with Crippen molar-refractivity contribution >= 4 is 23.6 Å². The second kappa shape index (κ2) is 10.3. The van der Waals surface area contributed by atoms with Gasteiger partial charge in [0.25, 0.3) is 0 Å². The summed E-state index contributed by atoms with van der Waals surface area (Å²) >= 11 is 0. The molecule has 4 rings (SSSR count). The average Bonchev–Trinajstić information content (AvgIpc) is 3.36. The van der Waals surface area contributed by atoms with E-state index in [2.05, 4.69) is 0 Å². The van der Waals surface area contributed by atoms with Gasteiger partial charge in [-0.2, -0.15) is 0 Å². The van der Waals surface area contributed by atoms with Gasteiger partial charge in [-0.05, 0) is 55.8 Å². The molecule has 2 heterocycles. The van der Waals surface area contributed by atoms with E-state index >= 15 is 0 Å². The summed E-state index contributed by atoms with van der Waals surface area (Å²) in [5.41, 5.74) is 2.12. The fourth-order valence-corrected chi connectivity index (χ4v) is 3.91. The molecule has 0 saturated carbocycles. The van der Waals surface area contributed by atoms with Gasteiger partial charge in [-0.1, -0.05) is 6.07 Å². The molecule has 2 aliphatic heterocycles. The molecule has 0 spiro atoms. The monoisotopic (exact) mass is 479 g/mol. The fraction of sp³-hybridized carbons (Fsp3) is 0.269. The summed E-state index contributed by atoms with van der Waals surface area (Å²) in [4.78, 5) is 39.6. The summed E-state index contributed by atoms with van der Waals surface area (Å²) in [6, 6.07) is 11.8. The highest BCUT2D eigenvalue weighted by Gasteiger charge is 2.36. The third-order valence-corrected chi connectivity index (χ3v) is 5.52. The highest BCUT2D eigenvalue weighted by Crippen LogP contribution is 2.42. The molecule has 2 aliphatic rings. The number of anilines is 1. The maximum atomic E-state index is 13.1. The minimum atomic E-state index is -0.756. The Balaban J connectivity index is 1.81. The van der Waals surface area contributed by atoms with Crippen molar-refractivity contribution in [3.63, 3.8) is 0 Å². The molecule has 0 aromatic heterocycles. The molecule has 0 aliphatic carbocycles. The number of esters is 3. The van der Waals surface area contributed by atoms with E-state index in [4.69, 9.17) is 23.7 Å². The number of fused-ring (bicyclic) bond motifs is 1. The van der Waals surface area contributed by atoms with E-state index in [-0.39, 0.29) is 31.2 Å². The lowest BCUT2D eigenvalue weighted by atomic mass is 9.83. The Morgan fingerprint density at radius 2 is 1.46 bits per heavy atom. The third-order valence-electron chi connectivity index (χ3n) is 5.52. The molecule has 0 fully saturated rings. The van der Waals surface area contributed by atoms with Gasteiger partial charge in [0.2, 0.25) is 6.79 Å². The van der Waals surface area contributed by atoms with Crippen LogP contribution < -0.4 is 14.4 Å². The van der Waals surface area contributed by atoms with Crippen LogP contribution >= 0.6 is 0 Å². The second-order valence-corrected chi connectivity index (χ2v) is 7.60. The van der Waals surface area contributed by atoms with Crippen molar-refractivity contribution < 1.29 is 38.1 Å². The maximum Gasteiger partial charge on any atom is 0.337 e. The van der Waals surface area contributed by atoms with Gasteiger partial charge in [-0.3, -0.25) is 0 Å². The Labute approximate surface area is 202 Å². The number of rotatable bonds is 7. The Kier molecular flexibility index (Phi) is 7.05. The second-order valence-electron chi connectivity index (χ2n) is 7.60. The van der Waals surface area contributed by atoms with E-state index in [0.29, 0.717) is 28.3 Å². The molecule has 9 nitrogen and oxygen atoms in total. The van der Waals surface area contributed by atoms with Crippen LogP contribution in [0.3, 0.4) is 0 Å². The summed E-state index contributed by atoms with van der Waals surface area (Å²) in [6.07, 6.45) is 3.23. The number of hydrogen-bond acceptors (Lipinski definition) is 9. The predicted molar refractivity (Wildman–Crippen MR) is 125 cm³/mol. The Hall–Kier alpha value is -4.27. The van der Waals surface area contributed by atoms with Crippen molar-refractivity contribution in [2.75, 3.05) is 32.0 Å². The van der Waals surface area contributed by atoms with Gasteiger partial charge in [-0.25, -0.2) is 14.4 Å². The standard InChI is InChI=1S/C26H25NO8/c1-4-32-25(29)19-13-27(18-9-6-16(7-10-18)24(28)31-3)14-20(26(30)33-5-2)23(19)17-8-11-21-22(12-17)35-15-34-21/h6-14,23H,4-5,15H2,1-3H3. The highest BCUT2D eigenvalue weighted by molar-refractivity contribution is 6.00. The molecule has 0 N–H and O–H groups in total. The van der Waals surface area contributed by atoms with E-state index in [1.807, 2.05) is 0 Å². The molecule has 9 heteroatoms. The van der Waals surface area contributed by atoms with E-state index < -0.39 is 23.8 Å². The van der Waals surface area contributed by atoms with Crippen LogP contribution in [0, 0.1) is 0 Å². The van der Waals surface area contributed by atoms with Crippen molar-refractivity contribution in [2.45, 2.75) is 19.8 Å². The third kappa shape index (κ3) is 4.84. The van der Waals surface area contributed by atoms with Gasteiger partial charge in [0.1, 0.15) is 0 Å². The lowest BCUT2D eigenvalue weighted by Crippen LogP contribution is -2.29. The number of carbonyl (C=O) groups excluding carboxylic acids is 3. The van der Waals surface area contributed by atoms with Crippen molar-refractivity contribution in [3.05, 3.63) is 77.1 Å². The number of hydrogen-bond donors (Lipinski definition) is 0. The zero-order chi connectivity index (χ0) is 24.9. The minimum Gasteiger partial charge on any atom is -0.465 e. The van der Waals surface area contributed by atoms with Gasteiger partial charge >= 0.3 is 17.9 Å². The molecule has 2 aromatic carbocycles. The minimum absolute atomic E-state index is 0.0972. The first-order chi connectivity index (χ1) is 17.0. The maximum absolute atomic E-state index is 13.1. The van der Waals surface area contributed by atoms with Crippen LogP contribution in [0.15, 0.2) is 66.0 Å². The zero-order valence-corrected chi connectivity index (χ0v) is 19.6. The first-order valence-corrected chi connectivity index (χ1v) is 11.1. The predicted octanol–water partition coefficient (Wildman–Crippen LogP) is 3.70. The van der Waals surface area contributed by atoms with Crippen molar-refractivity contribution in [1.29, 1.82) is 0 Å². The van der Waals surface area contributed by atoms with Gasteiger partial charge in [0, 0.05) is 18.1 Å². The van der Waals surface area contributed by atoms with Crippen LogP contribution in [0.1, 0.15) is 35.7 Å². The lowest BCUT2D eigenvalue weighted by Gasteiger charge is -2.30. The van der Waals surface area contributed by atoms with E-state index in [9.17, 15) is 14.4 Å². The Morgan fingerprint density at radius 3 is 2.03 bits per heavy atom. The molecule has 0 saturated heterocycles. The molecule has 0 bridgehead atoms. The number of ether oxygens (including phenoxy) is 5. The number of nitrogens with zero attached hydrogens (tertiary/aromatic N) is 1. The average molecular weight is 479 g/mol. The molecule has 0 unspecified atom stereocenters. The number of benzene rings is 2. The van der Waals surface area contributed by atoms with E-state index in [0.717, 1.165) is 0 Å². The normalized spacial score (nSPS) is 14.7. The van der Waals surface area contributed by atoms with Gasteiger partial charge in [-0.15, -0.1) is 0 Å². The molecule has 35 heavy (non-hydrogen) atoms. The molecule has 0 amide bonds. The van der Waals surface area contributed by atoms with Crippen molar-refractivity contribution in [1.82, 2.24) is 0 Å². The quantitative estimate of drug-likeness (QED) is 0.435. The molecule has 2 aromatic rings. The molecular formula is C26H25NO8. The van der Waals surface area contributed by atoms with Crippen LogP contribution in [0.25, 0.3) is 0 Å². The lowest BCUT2D eigenvalue weighted by molar-refractivity contribution is -0.139. The topological polar surface area (TPSA) is 101 Å². The smallest absolute Gasteiger partial charge is 0.337 e. The van der Waals surface area contributed by atoms with Gasteiger partial charge < -0.3 is 28.6 Å². The summed E-state index contributed by atoms with van der Waals surface area (Å²) < 4.78 is 26.3. The van der Waals surface area contributed by atoms with Gasteiger partial charge in [0.15, 0.2) is 11.5 Å². The summed E-state index contributed by atoms with van der Waals surface area (Å²) in [5.74, 6) is -1.26. The summed E-state index contributed by atoms with van der Waals surface area (Å²) in [7, 11) is 1.31. The first kappa shape index (κ1) is 23.9. The van der Waals surface area contributed by atoms with Crippen molar-refractivity contribution in [3.8, 4) is 11.5 Å². The van der Waals surface area contributed by atoms with Crippen molar-refractivity contribution in [2.24, 2.45) is 0 Å². The summed E-state index contributed by atoms with van der Waals surface area (Å²) in [5, 5.41) is 0. The highest BCUT2D eigenvalue weighted by atomic mass is 16.7. The molecule has 0 atom stereocenters. The van der Waals surface area contributed by atoms with E-state index in [1.54, 1.807) is 73.6 Å². The fourth-order valence-electron chi connectivity index (χ4n) is 3.91. The van der Waals surface area contributed by atoms with Crippen LogP contribution in [0.4, 0.5) is 5.69 Å². The number of methoxy groups -OCH3 is 1. The van der Waals surface area contributed by atoms with Crippen LogP contribution in [0.5, 0.6) is 11.5 Å². The Bertz CT molecular complexity index is 1160. The zero-order valence-electron chi connectivity index (χ0n) is 19.6. The Morgan fingerprint density at radius 1 is 0.857 bits per heavy atom. The molecule has 0 radical (unpaired) electrons. The van der Waals surface area contributed by atoms with Crippen LogP contribution in [-0.4, -0.2) is 45.0 Å². The van der Waals surface area contributed by atoms with Crippen LogP contribution in [0.2, 0.25) is 0 Å². The summed E-state index contributed by atoms with van der Waals surface area (Å²) in [6.45, 7) is 3.84. The van der Waals surface area contributed by atoms with Crippen LogP contribution in [-0.2, 0) is 23.8 Å². The SMILES string of the molecule is CCOC(=O)C1=CN(c2ccc(C(=O)OC)cc2)C=C(C(=O)OCC)C1c1ccc2c(c1)OCO2.